The van der Waals surface area contributed by atoms with E-state index in [2.05, 4.69) is 4.72 Å². The van der Waals surface area contributed by atoms with Gasteiger partial charge in [0.1, 0.15) is 4.21 Å². The van der Waals surface area contributed by atoms with Crippen molar-refractivity contribution in [3.05, 3.63) is 39.2 Å². The second-order valence-electron chi connectivity index (χ2n) is 4.60. The zero-order chi connectivity index (χ0) is 15.1. The van der Waals surface area contributed by atoms with Crippen molar-refractivity contribution in [3.63, 3.8) is 0 Å². The van der Waals surface area contributed by atoms with Crippen molar-refractivity contribution in [2.45, 2.75) is 25.0 Å². The molecular formula is C13H15ClN2O2S2. The first-order valence-electron chi connectivity index (χ1n) is 5.87. The minimum absolute atomic E-state index is 0.193. The maximum absolute atomic E-state index is 12.3. The number of anilines is 2. The van der Waals surface area contributed by atoms with Crippen LogP contribution < -0.4 is 10.5 Å². The highest BCUT2D eigenvalue weighted by molar-refractivity contribution is 7.94. The topological polar surface area (TPSA) is 72.2 Å². The van der Waals surface area contributed by atoms with Crippen LogP contribution in [0.3, 0.4) is 0 Å². The van der Waals surface area contributed by atoms with Crippen LogP contribution in [0.1, 0.15) is 16.7 Å². The summed E-state index contributed by atoms with van der Waals surface area (Å²) in [6, 6.07) is 5.05. The van der Waals surface area contributed by atoms with E-state index in [1.807, 2.05) is 6.92 Å². The summed E-state index contributed by atoms with van der Waals surface area (Å²) in [6.07, 6.45) is 0. The van der Waals surface area contributed by atoms with Crippen molar-refractivity contribution >= 4 is 44.3 Å². The maximum Gasteiger partial charge on any atom is 0.271 e. The van der Waals surface area contributed by atoms with Gasteiger partial charge < -0.3 is 5.73 Å². The van der Waals surface area contributed by atoms with E-state index < -0.39 is 10.0 Å². The molecule has 0 aliphatic carbocycles. The van der Waals surface area contributed by atoms with E-state index in [-0.39, 0.29) is 4.21 Å². The van der Waals surface area contributed by atoms with Crippen molar-refractivity contribution < 1.29 is 8.42 Å². The lowest BCUT2D eigenvalue weighted by Crippen LogP contribution is -2.13. The van der Waals surface area contributed by atoms with Crippen LogP contribution in [0.5, 0.6) is 0 Å². The molecule has 1 aromatic heterocycles. The third kappa shape index (κ3) is 2.77. The summed E-state index contributed by atoms with van der Waals surface area (Å²) < 4.78 is 27.9. The molecular weight excluding hydrogens is 316 g/mol. The van der Waals surface area contributed by atoms with Gasteiger partial charge in [0, 0.05) is 5.69 Å². The molecule has 2 aromatic rings. The van der Waals surface area contributed by atoms with Crippen molar-refractivity contribution in [1.29, 1.82) is 0 Å². The third-order valence-corrected chi connectivity index (χ3v) is 6.47. The van der Waals surface area contributed by atoms with Crippen LogP contribution in [0.2, 0.25) is 4.34 Å². The minimum Gasteiger partial charge on any atom is -0.398 e. The average molecular weight is 331 g/mol. The normalized spacial score (nSPS) is 11.6. The highest BCUT2D eigenvalue weighted by Crippen LogP contribution is 2.32. The van der Waals surface area contributed by atoms with E-state index in [1.165, 1.54) is 0 Å². The molecule has 0 amide bonds. The van der Waals surface area contributed by atoms with E-state index >= 15 is 0 Å². The zero-order valence-corrected chi connectivity index (χ0v) is 13.7. The molecule has 0 fully saturated rings. The Labute approximate surface area is 127 Å². The third-order valence-electron chi connectivity index (χ3n) is 3.08. The van der Waals surface area contributed by atoms with Gasteiger partial charge in [-0.3, -0.25) is 4.72 Å². The monoisotopic (exact) mass is 330 g/mol. The fourth-order valence-corrected chi connectivity index (χ4v) is 4.56. The Morgan fingerprint density at radius 3 is 2.40 bits per heavy atom. The van der Waals surface area contributed by atoms with E-state index in [4.69, 9.17) is 17.3 Å². The molecule has 1 heterocycles. The van der Waals surface area contributed by atoms with Gasteiger partial charge in [0.15, 0.2) is 0 Å². The lowest BCUT2D eigenvalue weighted by molar-refractivity contribution is 0.603. The van der Waals surface area contributed by atoms with E-state index in [0.29, 0.717) is 21.3 Å². The molecule has 4 nitrogen and oxygen atoms in total. The van der Waals surface area contributed by atoms with Gasteiger partial charge in [-0.2, -0.15) is 0 Å². The fourth-order valence-electron chi connectivity index (χ4n) is 1.73. The summed E-state index contributed by atoms with van der Waals surface area (Å²) in [5, 5.41) is 0. The van der Waals surface area contributed by atoms with Crippen LogP contribution >= 0.6 is 22.9 Å². The summed E-state index contributed by atoms with van der Waals surface area (Å²) in [4.78, 5) is 0. The van der Waals surface area contributed by atoms with E-state index in [9.17, 15) is 8.42 Å². The molecule has 2 rings (SSSR count). The van der Waals surface area contributed by atoms with E-state index in [0.717, 1.165) is 22.5 Å². The van der Waals surface area contributed by atoms with Gasteiger partial charge in [-0.05, 0) is 49.6 Å². The maximum atomic E-state index is 12.3. The molecule has 0 unspecified atom stereocenters. The summed E-state index contributed by atoms with van der Waals surface area (Å²) in [7, 11) is -3.64. The van der Waals surface area contributed by atoms with Gasteiger partial charge in [0.2, 0.25) is 0 Å². The molecule has 0 radical (unpaired) electrons. The number of nitrogens with two attached hydrogens (primary N) is 1. The predicted molar refractivity (Wildman–Crippen MR) is 85.2 cm³/mol. The van der Waals surface area contributed by atoms with Crippen molar-refractivity contribution in [1.82, 2.24) is 0 Å². The number of nitrogens with one attached hydrogen (secondary N) is 1. The number of benzene rings is 1. The molecule has 0 saturated carbocycles. The van der Waals surface area contributed by atoms with Gasteiger partial charge >= 0.3 is 0 Å². The van der Waals surface area contributed by atoms with Crippen molar-refractivity contribution in [3.8, 4) is 0 Å². The number of halogens is 1. The summed E-state index contributed by atoms with van der Waals surface area (Å²) in [5.41, 5.74) is 9.37. The number of thiophene rings is 1. The molecule has 0 aliphatic heterocycles. The van der Waals surface area contributed by atoms with Crippen LogP contribution in [-0.2, 0) is 10.0 Å². The quantitative estimate of drug-likeness (QED) is 0.843. The molecule has 20 heavy (non-hydrogen) atoms. The first kappa shape index (κ1) is 15.2. The average Bonchev–Trinajstić information content (AvgIpc) is 2.71. The second kappa shape index (κ2) is 5.27. The highest BCUT2D eigenvalue weighted by atomic mass is 35.5. The van der Waals surface area contributed by atoms with Crippen molar-refractivity contribution in [2.24, 2.45) is 0 Å². The largest absolute Gasteiger partial charge is 0.398 e. The summed E-state index contributed by atoms with van der Waals surface area (Å²) >= 11 is 6.96. The van der Waals surface area contributed by atoms with Crippen LogP contribution in [0.15, 0.2) is 22.4 Å². The van der Waals surface area contributed by atoms with Gasteiger partial charge in [-0.25, -0.2) is 8.42 Å². The number of aryl methyl sites for hydroxylation is 2. The Morgan fingerprint density at radius 2 is 1.85 bits per heavy atom. The minimum atomic E-state index is -3.64. The summed E-state index contributed by atoms with van der Waals surface area (Å²) in [5.74, 6) is 0. The number of hydrogen-bond donors (Lipinski definition) is 2. The molecule has 108 valence electrons. The lowest BCUT2D eigenvalue weighted by Gasteiger charge is -2.12. The molecule has 7 heteroatoms. The second-order valence-corrected chi connectivity index (χ2v) is 8.16. The molecule has 1 aromatic carbocycles. The summed E-state index contributed by atoms with van der Waals surface area (Å²) in [6.45, 7) is 5.43. The molecule has 0 saturated heterocycles. The predicted octanol–water partition coefficient (Wildman–Crippen LogP) is 3.71. The van der Waals surface area contributed by atoms with Crippen LogP contribution in [0.4, 0.5) is 11.4 Å². The molecule has 0 spiro atoms. The Kier molecular flexibility index (Phi) is 4.00. The molecule has 0 atom stereocenters. The zero-order valence-electron chi connectivity index (χ0n) is 11.3. The Bertz CT molecular complexity index is 747. The number of hydrogen-bond acceptors (Lipinski definition) is 4. The van der Waals surface area contributed by atoms with Crippen molar-refractivity contribution in [2.75, 3.05) is 10.5 Å². The van der Waals surface area contributed by atoms with Gasteiger partial charge in [-0.1, -0.05) is 17.7 Å². The first-order valence-corrected chi connectivity index (χ1v) is 8.54. The van der Waals surface area contributed by atoms with E-state index in [1.54, 1.807) is 32.0 Å². The number of rotatable bonds is 3. The SMILES string of the molecule is Cc1cc(S(=O)(=O)Nc2ccc(C)c(N)c2C)sc1Cl. The van der Waals surface area contributed by atoms with Gasteiger partial charge in [-0.15, -0.1) is 11.3 Å². The molecule has 0 aliphatic rings. The van der Waals surface area contributed by atoms with Gasteiger partial charge in [0.05, 0.1) is 10.0 Å². The standard InChI is InChI=1S/C13H15ClN2O2S2/c1-7-4-5-10(9(3)12(7)15)16-20(17,18)11-6-8(2)13(14)19-11/h4-6,16H,15H2,1-3H3. The Hall–Kier alpha value is -1.24. The fraction of sp³-hybridized carbons (Fsp3) is 0.231. The lowest BCUT2D eigenvalue weighted by atomic mass is 10.1. The highest BCUT2D eigenvalue weighted by Gasteiger charge is 2.20. The first-order chi connectivity index (χ1) is 9.22. The van der Waals surface area contributed by atoms with Crippen LogP contribution in [0.25, 0.3) is 0 Å². The molecule has 0 bridgehead atoms. The van der Waals surface area contributed by atoms with Gasteiger partial charge in [0.25, 0.3) is 10.0 Å². The smallest absolute Gasteiger partial charge is 0.271 e. The Morgan fingerprint density at radius 1 is 1.20 bits per heavy atom. The van der Waals surface area contributed by atoms with Crippen LogP contribution in [-0.4, -0.2) is 8.42 Å². The number of sulfonamides is 1. The molecule has 3 N–H and O–H groups in total. The number of nitrogen functional groups attached to an aromatic ring is 1. The Balaban J connectivity index is 2.41. The van der Waals surface area contributed by atoms with Crippen LogP contribution in [0, 0.1) is 20.8 Å².